The Hall–Kier alpha value is -2.89. The van der Waals surface area contributed by atoms with Gasteiger partial charge in [0, 0.05) is 6.54 Å². The average molecular weight is 472 g/mol. The summed E-state index contributed by atoms with van der Waals surface area (Å²) < 4.78 is 0. The Morgan fingerprint density at radius 2 is 1.45 bits per heavy atom. The lowest BCUT2D eigenvalue weighted by Crippen LogP contribution is -2.57. The monoisotopic (exact) mass is 471 g/mol. The number of amides is 3. The van der Waals surface area contributed by atoms with Crippen LogP contribution < -0.4 is 33.2 Å². The van der Waals surface area contributed by atoms with E-state index in [-0.39, 0.29) is 30.8 Å². The number of nitrogens with one attached hydrogen (secondary N) is 3. The van der Waals surface area contributed by atoms with Gasteiger partial charge in [-0.15, -0.1) is 0 Å². The van der Waals surface area contributed by atoms with Crippen LogP contribution >= 0.6 is 0 Å². The maximum Gasteiger partial charge on any atom is 0.325 e. The summed E-state index contributed by atoms with van der Waals surface area (Å²) >= 11 is 0. The predicted molar refractivity (Wildman–Crippen MR) is 126 cm³/mol. The summed E-state index contributed by atoms with van der Waals surface area (Å²) in [4.78, 5) is 53.2. The van der Waals surface area contributed by atoms with Gasteiger partial charge in [-0.3, -0.25) is 24.2 Å². The molecule has 12 heteroatoms. The fourth-order valence-corrected chi connectivity index (χ4v) is 2.90. The topological polar surface area (TPSA) is 215 Å². The normalized spacial score (nSPS) is 15.5. The number of guanidine groups is 1. The van der Waals surface area contributed by atoms with Gasteiger partial charge in [-0.05, 0) is 38.0 Å². The van der Waals surface area contributed by atoms with Crippen LogP contribution in [0.4, 0.5) is 0 Å². The van der Waals surface area contributed by atoms with Crippen LogP contribution in [0.2, 0.25) is 0 Å². The van der Waals surface area contributed by atoms with Crippen LogP contribution in [0.15, 0.2) is 4.99 Å². The van der Waals surface area contributed by atoms with Crippen molar-refractivity contribution in [1.82, 2.24) is 16.0 Å². The Labute approximate surface area is 195 Å². The van der Waals surface area contributed by atoms with E-state index in [9.17, 15) is 19.2 Å². The third kappa shape index (κ3) is 12.1. The number of nitrogens with two attached hydrogens (primary N) is 3. The van der Waals surface area contributed by atoms with E-state index in [1.165, 1.54) is 6.92 Å². The van der Waals surface area contributed by atoms with E-state index in [1.807, 2.05) is 27.7 Å². The number of carboxylic acids is 1. The van der Waals surface area contributed by atoms with Gasteiger partial charge in [0.25, 0.3) is 0 Å². The standard InChI is InChI=1S/C21H41N7O5/c1-6-12(4)16(22)19(31)28-15(10-11(2)3)18(30)27-14(8-7-9-25-21(23)24)17(29)26-13(5)20(32)33/h11-16H,6-10,22H2,1-5H3,(H,26,29)(H,27,30)(H,28,31)(H,32,33)(H4,23,24,25). The van der Waals surface area contributed by atoms with Crippen molar-refractivity contribution in [2.45, 2.75) is 84.5 Å². The summed E-state index contributed by atoms with van der Waals surface area (Å²) in [7, 11) is 0. The zero-order valence-electron chi connectivity index (χ0n) is 20.3. The van der Waals surface area contributed by atoms with Crippen molar-refractivity contribution in [3.05, 3.63) is 0 Å². The molecule has 33 heavy (non-hydrogen) atoms. The number of rotatable bonds is 15. The number of nitrogens with zero attached hydrogens (tertiary/aromatic N) is 1. The molecule has 0 rings (SSSR count). The fraction of sp³-hybridized carbons (Fsp3) is 0.762. The van der Waals surface area contributed by atoms with E-state index in [2.05, 4.69) is 20.9 Å². The second kappa shape index (κ2) is 15.0. The smallest absolute Gasteiger partial charge is 0.325 e. The van der Waals surface area contributed by atoms with Crippen molar-refractivity contribution < 1.29 is 24.3 Å². The summed E-state index contributed by atoms with van der Waals surface area (Å²) in [5.41, 5.74) is 16.6. The Balaban J connectivity index is 5.47. The van der Waals surface area contributed by atoms with Crippen LogP contribution in [0.25, 0.3) is 0 Å². The Morgan fingerprint density at radius 1 is 0.909 bits per heavy atom. The molecule has 0 aromatic heterocycles. The number of carbonyl (C=O) groups excluding carboxylic acids is 3. The molecular weight excluding hydrogens is 430 g/mol. The number of hydrogen-bond acceptors (Lipinski definition) is 6. The molecule has 0 aliphatic rings. The summed E-state index contributed by atoms with van der Waals surface area (Å²) in [6.07, 6.45) is 1.56. The molecule has 0 saturated carbocycles. The van der Waals surface area contributed by atoms with Crippen molar-refractivity contribution in [2.24, 2.45) is 34.0 Å². The highest BCUT2D eigenvalue weighted by Crippen LogP contribution is 2.10. The molecule has 5 unspecified atom stereocenters. The molecule has 0 heterocycles. The molecule has 0 aromatic carbocycles. The molecule has 0 aromatic rings. The molecule has 0 saturated heterocycles. The number of carboxylic acid groups (broad SMARTS) is 1. The zero-order valence-corrected chi connectivity index (χ0v) is 20.3. The van der Waals surface area contributed by atoms with Crippen LogP contribution in [-0.2, 0) is 19.2 Å². The van der Waals surface area contributed by atoms with Gasteiger partial charge in [-0.1, -0.05) is 34.1 Å². The first-order valence-corrected chi connectivity index (χ1v) is 11.2. The van der Waals surface area contributed by atoms with Crippen molar-refractivity contribution >= 4 is 29.7 Å². The van der Waals surface area contributed by atoms with Gasteiger partial charge in [0.05, 0.1) is 6.04 Å². The minimum Gasteiger partial charge on any atom is -0.480 e. The van der Waals surface area contributed by atoms with Gasteiger partial charge in [0.2, 0.25) is 17.7 Å². The minimum atomic E-state index is -1.21. The first kappa shape index (κ1) is 30.1. The minimum absolute atomic E-state index is 0.0701. The second-order valence-electron chi connectivity index (χ2n) is 8.68. The Morgan fingerprint density at radius 3 is 1.94 bits per heavy atom. The molecular formula is C21H41N7O5. The van der Waals surface area contributed by atoms with Crippen LogP contribution in [0.1, 0.15) is 60.3 Å². The maximum absolute atomic E-state index is 13.0. The first-order chi connectivity index (χ1) is 15.3. The average Bonchev–Trinajstić information content (AvgIpc) is 2.73. The maximum atomic E-state index is 13.0. The van der Waals surface area contributed by atoms with Crippen molar-refractivity contribution in [3.63, 3.8) is 0 Å². The summed E-state index contributed by atoms with van der Waals surface area (Å²) in [6.45, 7) is 9.11. The van der Waals surface area contributed by atoms with E-state index >= 15 is 0 Å². The van der Waals surface area contributed by atoms with E-state index in [0.717, 1.165) is 0 Å². The Kier molecular flexibility index (Phi) is 13.7. The highest BCUT2D eigenvalue weighted by molar-refractivity contribution is 5.94. The van der Waals surface area contributed by atoms with Gasteiger partial charge in [0.15, 0.2) is 5.96 Å². The lowest BCUT2D eigenvalue weighted by atomic mass is 9.97. The number of aliphatic imine (C=N–C) groups is 1. The molecule has 0 aliphatic heterocycles. The fourth-order valence-electron chi connectivity index (χ4n) is 2.90. The van der Waals surface area contributed by atoms with E-state index in [4.69, 9.17) is 22.3 Å². The first-order valence-electron chi connectivity index (χ1n) is 11.2. The summed E-state index contributed by atoms with van der Waals surface area (Å²) in [5.74, 6) is -2.97. The number of carbonyl (C=O) groups is 4. The zero-order chi connectivity index (χ0) is 25.7. The van der Waals surface area contributed by atoms with E-state index < -0.39 is 47.9 Å². The third-order valence-electron chi connectivity index (χ3n) is 5.21. The SMILES string of the molecule is CCC(C)C(N)C(=O)NC(CC(C)C)C(=O)NC(CCCN=C(N)N)C(=O)NC(C)C(=O)O. The van der Waals surface area contributed by atoms with Crippen LogP contribution in [0, 0.1) is 11.8 Å². The summed E-state index contributed by atoms with van der Waals surface area (Å²) in [6, 6.07) is -3.86. The second-order valence-corrected chi connectivity index (χ2v) is 8.68. The number of hydrogen-bond donors (Lipinski definition) is 7. The third-order valence-corrected chi connectivity index (χ3v) is 5.21. The van der Waals surface area contributed by atoms with Crippen LogP contribution in [0.3, 0.4) is 0 Å². The quantitative estimate of drug-likeness (QED) is 0.0892. The Bertz CT molecular complexity index is 694. The van der Waals surface area contributed by atoms with Gasteiger partial charge in [-0.2, -0.15) is 0 Å². The van der Waals surface area contributed by atoms with Crippen molar-refractivity contribution in [3.8, 4) is 0 Å². The molecule has 0 aliphatic carbocycles. The van der Waals surface area contributed by atoms with E-state index in [1.54, 1.807) is 0 Å². The molecule has 190 valence electrons. The highest BCUT2D eigenvalue weighted by Gasteiger charge is 2.30. The lowest BCUT2D eigenvalue weighted by Gasteiger charge is -2.26. The molecule has 5 atom stereocenters. The van der Waals surface area contributed by atoms with Gasteiger partial charge < -0.3 is 38.3 Å². The van der Waals surface area contributed by atoms with Crippen molar-refractivity contribution in [2.75, 3.05) is 6.54 Å². The molecule has 0 fully saturated rings. The largest absolute Gasteiger partial charge is 0.480 e. The van der Waals surface area contributed by atoms with Crippen LogP contribution in [-0.4, -0.2) is 65.5 Å². The molecule has 0 radical (unpaired) electrons. The number of aliphatic carboxylic acids is 1. The molecule has 12 nitrogen and oxygen atoms in total. The lowest BCUT2D eigenvalue weighted by molar-refractivity contribution is -0.141. The van der Waals surface area contributed by atoms with Gasteiger partial charge in [0.1, 0.15) is 18.1 Å². The molecule has 10 N–H and O–H groups in total. The van der Waals surface area contributed by atoms with Crippen molar-refractivity contribution in [1.29, 1.82) is 0 Å². The van der Waals surface area contributed by atoms with E-state index in [0.29, 0.717) is 19.3 Å². The van der Waals surface area contributed by atoms with Gasteiger partial charge >= 0.3 is 5.97 Å². The predicted octanol–water partition coefficient (Wildman–Crippen LogP) is -0.982. The van der Waals surface area contributed by atoms with Gasteiger partial charge in [-0.25, -0.2) is 0 Å². The highest BCUT2D eigenvalue weighted by atomic mass is 16.4. The summed E-state index contributed by atoms with van der Waals surface area (Å²) in [5, 5.41) is 16.7. The van der Waals surface area contributed by atoms with Crippen LogP contribution in [0.5, 0.6) is 0 Å². The molecule has 0 bridgehead atoms. The molecule has 3 amide bonds. The molecule has 0 spiro atoms.